The summed E-state index contributed by atoms with van der Waals surface area (Å²) >= 11 is 1.90. The number of hydrogen-bond donors (Lipinski definition) is 1. The summed E-state index contributed by atoms with van der Waals surface area (Å²) in [5.74, 6) is 2.22. The molecule has 2 rings (SSSR count). The van der Waals surface area contributed by atoms with Crippen LogP contribution in [0.1, 0.15) is 18.4 Å². The third-order valence-electron chi connectivity index (χ3n) is 3.02. The fourth-order valence-corrected chi connectivity index (χ4v) is 2.99. The van der Waals surface area contributed by atoms with Crippen LogP contribution in [0.15, 0.2) is 34.2 Å². The van der Waals surface area contributed by atoms with Crippen LogP contribution in [-0.2, 0) is 0 Å². The summed E-state index contributed by atoms with van der Waals surface area (Å²) in [5, 5.41) is 0. The van der Waals surface area contributed by atoms with Gasteiger partial charge in [-0.3, -0.25) is 4.99 Å². The molecule has 3 nitrogen and oxygen atoms in total. The highest BCUT2D eigenvalue weighted by Crippen LogP contribution is 2.30. The average molecular weight is 249 g/mol. The Hall–Kier alpha value is -1.16. The lowest BCUT2D eigenvalue weighted by Gasteiger charge is -2.29. The number of nitrogens with two attached hydrogens (primary N) is 1. The van der Waals surface area contributed by atoms with Crippen LogP contribution in [-0.4, -0.2) is 36.7 Å². The number of thioether (sulfide) groups is 1. The first-order valence-electron chi connectivity index (χ1n) is 5.95. The van der Waals surface area contributed by atoms with Crippen LogP contribution in [0.3, 0.4) is 0 Å². The lowest BCUT2D eigenvalue weighted by molar-refractivity contribution is 0.419. The number of rotatable bonds is 3. The Morgan fingerprint density at radius 1 is 1.47 bits per heavy atom. The van der Waals surface area contributed by atoms with Crippen molar-refractivity contribution in [3.63, 3.8) is 0 Å². The molecule has 1 aliphatic rings. The predicted octanol–water partition coefficient (Wildman–Crippen LogP) is 2.14. The number of aliphatic imine (C=N–C) groups is 1. The van der Waals surface area contributed by atoms with E-state index in [9.17, 15) is 0 Å². The number of benzene rings is 1. The van der Waals surface area contributed by atoms with Crippen molar-refractivity contribution in [1.29, 1.82) is 0 Å². The maximum absolute atomic E-state index is 5.79. The predicted molar refractivity (Wildman–Crippen MR) is 74.7 cm³/mol. The maximum Gasteiger partial charge on any atom is 0.191 e. The zero-order valence-corrected chi connectivity index (χ0v) is 11.2. The molecule has 17 heavy (non-hydrogen) atoms. The van der Waals surface area contributed by atoms with E-state index in [2.05, 4.69) is 36.2 Å². The molecule has 1 atom stereocenters. The van der Waals surface area contributed by atoms with Crippen LogP contribution in [0.4, 0.5) is 0 Å². The normalized spacial score (nSPS) is 20.2. The monoisotopic (exact) mass is 249 g/mol. The molecule has 4 heteroatoms. The fraction of sp³-hybridized carbons (Fsp3) is 0.462. The Bertz CT molecular complexity index is 417. The zero-order chi connectivity index (χ0) is 12.3. The highest BCUT2D eigenvalue weighted by Gasteiger charge is 2.21. The maximum atomic E-state index is 5.79. The first-order valence-corrected chi connectivity index (χ1v) is 6.93. The van der Waals surface area contributed by atoms with Gasteiger partial charge in [-0.25, -0.2) is 0 Å². The molecule has 0 amide bonds. The minimum Gasteiger partial charge on any atom is -0.370 e. The van der Waals surface area contributed by atoms with Crippen molar-refractivity contribution in [2.24, 2.45) is 10.7 Å². The summed E-state index contributed by atoms with van der Waals surface area (Å²) in [5.41, 5.74) is 7.19. The molecule has 1 aromatic carbocycles. The average Bonchev–Trinajstić information content (AvgIpc) is 2.34. The van der Waals surface area contributed by atoms with Gasteiger partial charge in [0, 0.05) is 24.4 Å². The number of hydrogen-bond acceptors (Lipinski definition) is 4. The van der Waals surface area contributed by atoms with E-state index in [4.69, 9.17) is 5.73 Å². The third-order valence-corrected chi connectivity index (χ3v) is 3.99. The minimum absolute atomic E-state index is 0.461. The van der Waals surface area contributed by atoms with E-state index in [0.29, 0.717) is 11.9 Å². The molecular weight excluding hydrogens is 230 g/mol. The summed E-state index contributed by atoms with van der Waals surface area (Å²) in [4.78, 5) is 7.79. The second-order valence-corrected chi connectivity index (χ2v) is 5.55. The molecule has 0 aromatic heterocycles. The van der Waals surface area contributed by atoms with Gasteiger partial charge >= 0.3 is 0 Å². The van der Waals surface area contributed by atoms with Crippen molar-refractivity contribution in [3.05, 3.63) is 29.8 Å². The number of likely N-dealkylation sites (N-methyl/N-ethyl adjacent to an activating group) is 1. The van der Waals surface area contributed by atoms with Gasteiger partial charge in [-0.1, -0.05) is 25.1 Å². The Balaban J connectivity index is 2.23. The van der Waals surface area contributed by atoms with E-state index in [0.717, 1.165) is 18.8 Å². The molecule has 0 saturated heterocycles. The second kappa shape index (κ2) is 5.45. The van der Waals surface area contributed by atoms with Gasteiger partial charge < -0.3 is 10.6 Å². The zero-order valence-electron chi connectivity index (χ0n) is 10.4. The van der Waals surface area contributed by atoms with E-state index >= 15 is 0 Å². The van der Waals surface area contributed by atoms with Crippen LogP contribution >= 0.6 is 11.8 Å². The molecule has 1 aromatic rings. The van der Waals surface area contributed by atoms with Crippen LogP contribution in [0.25, 0.3) is 0 Å². The quantitative estimate of drug-likeness (QED) is 0.835. The molecule has 0 spiro atoms. The third kappa shape index (κ3) is 2.75. The lowest BCUT2D eigenvalue weighted by atomic mass is 9.98. The van der Waals surface area contributed by atoms with Gasteiger partial charge in [0.15, 0.2) is 5.96 Å². The summed E-state index contributed by atoms with van der Waals surface area (Å²) < 4.78 is 0. The summed E-state index contributed by atoms with van der Waals surface area (Å²) in [6.07, 6.45) is 0. The van der Waals surface area contributed by atoms with Crippen molar-refractivity contribution in [1.82, 2.24) is 4.90 Å². The van der Waals surface area contributed by atoms with Crippen molar-refractivity contribution in [2.75, 3.05) is 25.9 Å². The van der Waals surface area contributed by atoms with Crippen molar-refractivity contribution < 1.29 is 0 Å². The minimum atomic E-state index is 0.461. The molecule has 1 heterocycles. The van der Waals surface area contributed by atoms with Gasteiger partial charge in [-0.2, -0.15) is 0 Å². The SMILES string of the molecule is CCSc1ccccc1C1CN=C(N)N(C)C1. The van der Waals surface area contributed by atoms with Gasteiger partial charge in [0.1, 0.15) is 0 Å². The Labute approximate surface area is 107 Å². The molecule has 1 unspecified atom stereocenters. The van der Waals surface area contributed by atoms with E-state index in [-0.39, 0.29) is 0 Å². The lowest BCUT2D eigenvalue weighted by Crippen LogP contribution is -2.41. The van der Waals surface area contributed by atoms with E-state index in [1.165, 1.54) is 10.5 Å². The highest BCUT2D eigenvalue weighted by atomic mass is 32.2. The summed E-state index contributed by atoms with van der Waals surface area (Å²) in [6, 6.07) is 8.63. The smallest absolute Gasteiger partial charge is 0.191 e. The molecule has 0 saturated carbocycles. The van der Waals surface area contributed by atoms with Crippen LogP contribution in [0.2, 0.25) is 0 Å². The van der Waals surface area contributed by atoms with Gasteiger partial charge in [-0.15, -0.1) is 11.8 Å². The largest absolute Gasteiger partial charge is 0.370 e. The van der Waals surface area contributed by atoms with E-state index in [1.54, 1.807) is 0 Å². The molecule has 1 aliphatic heterocycles. The molecule has 92 valence electrons. The molecule has 0 bridgehead atoms. The molecular formula is C13H19N3S. The fourth-order valence-electron chi connectivity index (χ4n) is 2.11. The van der Waals surface area contributed by atoms with Gasteiger partial charge in [-0.05, 0) is 17.4 Å². The first-order chi connectivity index (χ1) is 8.22. The number of nitrogens with zero attached hydrogens (tertiary/aromatic N) is 2. The Morgan fingerprint density at radius 2 is 2.24 bits per heavy atom. The first kappa shape index (κ1) is 12.3. The molecule has 2 N–H and O–H groups in total. The number of guanidine groups is 1. The van der Waals surface area contributed by atoms with Gasteiger partial charge in [0.05, 0.1) is 6.54 Å². The van der Waals surface area contributed by atoms with Crippen LogP contribution in [0, 0.1) is 0 Å². The summed E-state index contributed by atoms with van der Waals surface area (Å²) in [6.45, 7) is 3.94. The van der Waals surface area contributed by atoms with E-state index < -0.39 is 0 Å². The molecule has 0 fully saturated rings. The molecule has 0 radical (unpaired) electrons. The highest BCUT2D eigenvalue weighted by molar-refractivity contribution is 7.99. The van der Waals surface area contributed by atoms with E-state index in [1.807, 2.05) is 23.7 Å². The van der Waals surface area contributed by atoms with Crippen molar-refractivity contribution >= 4 is 17.7 Å². The van der Waals surface area contributed by atoms with Crippen molar-refractivity contribution in [3.8, 4) is 0 Å². The standard InChI is InChI=1S/C13H19N3S/c1-3-17-12-7-5-4-6-11(12)10-8-15-13(14)16(2)9-10/h4-7,10H,3,8-9H2,1-2H3,(H2,14,15). The van der Waals surface area contributed by atoms with Crippen LogP contribution < -0.4 is 5.73 Å². The Morgan fingerprint density at radius 3 is 2.94 bits per heavy atom. The van der Waals surface area contributed by atoms with Crippen LogP contribution in [0.5, 0.6) is 0 Å². The van der Waals surface area contributed by atoms with Gasteiger partial charge in [0.2, 0.25) is 0 Å². The van der Waals surface area contributed by atoms with Crippen molar-refractivity contribution in [2.45, 2.75) is 17.7 Å². The summed E-state index contributed by atoms with van der Waals surface area (Å²) in [7, 11) is 2.00. The second-order valence-electron chi connectivity index (χ2n) is 4.25. The van der Waals surface area contributed by atoms with Gasteiger partial charge in [0.25, 0.3) is 0 Å². The Kier molecular flexibility index (Phi) is 3.94. The topological polar surface area (TPSA) is 41.6 Å². The molecule has 0 aliphatic carbocycles.